The molecule has 1 fully saturated rings. The van der Waals surface area contributed by atoms with Crippen molar-refractivity contribution in [2.75, 3.05) is 19.8 Å². The standard InChI is InChI=1S/C38H45NO9/c1-4-6-7-8-9-10-26-45-30-17-15-29(16-18-30)37(42)47-32-19-13-28(14-20-32)35(40)39-25-11-12-34(39)38(43)48-33-23-21-31(22-24-33)46-27(3)36(41)44-5-2/h13-24,27,34H,4-12,25-26H2,1-3H3/t27-,34?/m0/s1. The van der Waals surface area contributed by atoms with E-state index in [1.54, 1.807) is 86.6 Å². The van der Waals surface area contributed by atoms with Gasteiger partial charge in [0, 0.05) is 12.1 Å². The normalized spacial score (nSPS) is 14.6. The third-order valence-corrected chi connectivity index (χ3v) is 7.93. The van der Waals surface area contributed by atoms with Crippen molar-refractivity contribution >= 4 is 23.8 Å². The summed E-state index contributed by atoms with van der Waals surface area (Å²) >= 11 is 0. The molecule has 4 rings (SSSR count). The molecule has 1 amide bonds. The molecule has 10 heteroatoms. The van der Waals surface area contributed by atoms with E-state index in [1.807, 2.05) is 0 Å². The zero-order valence-electron chi connectivity index (χ0n) is 28.0. The molecule has 3 aromatic carbocycles. The number of ether oxygens (including phenoxy) is 5. The molecule has 2 atom stereocenters. The summed E-state index contributed by atoms with van der Waals surface area (Å²) in [5.41, 5.74) is 0.743. The number of benzene rings is 3. The highest BCUT2D eigenvalue weighted by Crippen LogP contribution is 2.25. The van der Waals surface area contributed by atoms with Gasteiger partial charge in [0.05, 0.1) is 18.8 Å². The van der Waals surface area contributed by atoms with Gasteiger partial charge in [-0.2, -0.15) is 0 Å². The Morgan fingerprint density at radius 1 is 0.729 bits per heavy atom. The third kappa shape index (κ3) is 10.6. The highest BCUT2D eigenvalue weighted by Gasteiger charge is 2.36. The van der Waals surface area contributed by atoms with Crippen LogP contribution in [0.4, 0.5) is 0 Å². The van der Waals surface area contributed by atoms with Gasteiger partial charge in [-0.3, -0.25) is 4.79 Å². The number of hydrogen-bond acceptors (Lipinski definition) is 9. The molecule has 1 aliphatic heterocycles. The van der Waals surface area contributed by atoms with Gasteiger partial charge in [0.2, 0.25) is 0 Å². The van der Waals surface area contributed by atoms with Gasteiger partial charge in [-0.1, -0.05) is 39.0 Å². The second-order valence-electron chi connectivity index (χ2n) is 11.6. The van der Waals surface area contributed by atoms with Crippen LogP contribution in [-0.4, -0.2) is 60.6 Å². The van der Waals surface area contributed by atoms with Gasteiger partial charge < -0.3 is 28.6 Å². The van der Waals surface area contributed by atoms with Crippen LogP contribution < -0.4 is 18.9 Å². The Kier molecular flexibility index (Phi) is 13.8. The molecular weight excluding hydrogens is 614 g/mol. The maximum atomic E-state index is 13.3. The summed E-state index contributed by atoms with van der Waals surface area (Å²) in [7, 11) is 0. The van der Waals surface area contributed by atoms with E-state index >= 15 is 0 Å². The van der Waals surface area contributed by atoms with Crippen LogP contribution in [0.25, 0.3) is 0 Å². The number of amides is 1. The summed E-state index contributed by atoms with van der Waals surface area (Å²) in [4.78, 5) is 52.4. The highest BCUT2D eigenvalue weighted by molar-refractivity contribution is 5.97. The van der Waals surface area contributed by atoms with E-state index in [1.165, 1.54) is 30.6 Å². The minimum absolute atomic E-state index is 0.258. The number of unbranched alkanes of at least 4 members (excludes halogenated alkanes) is 5. The van der Waals surface area contributed by atoms with Crippen LogP contribution >= 0.6 is 0 Å². The Labute approximate surface area is 282 Å². The summed E-state index contributed by atoms with van der Waals surface area (Å²) < 4.78 is 27.4. The van der Waals surface area contributed by atoms with Crippen molar-refractivity contribution in [2.24, 2.45) is 0 Å². The lowest BCUT2D eigenvalue weighted by Crippen LogP contribution is -2.42. The van der Waals surface area contributed by atoms with Crippen LogP contribution in [0, 0.1) is 0 Å². The minimum Gasteiger partial charge on any atom is -0.494 e. The molecule has 0 N–H and O–H groups in total. The molecule has 3 aromatic rings. The minimum atomic E-state index is -0.783. The lowest BCUT2D eigenvalue weighted by atomic mass is 10.1. The van der Waals surface area contributed by atoms with Crippen molar-refractivity contribution in [1.82, 2.24) is 4.90 Å². The fourth-order valence-electron chi connectivity index (χ4n) is 5.29. The lowest BCUT2D eigenvalue weighted by molar-refractivity contribution is -0.150. The molecular formula is C38H45NO9. The Bertz CT molecular complexity index is 1490. The van der Waals surface area contributed by atoms with E-state index in [0.29, 0.717) is 54.4 Å². The van der Waals surface area contributed by atoms with Gasteiger partial charge in [0.15, 0.2) is 6.10 Å². The van der Waals surface area contributed by atoms with Crippen LogP contribution in [0.15, 0.2) is 72.8 Å². The zero-order chi connectivity index (χ0) is 34.3. The van der Waals surface area contributed by atoms with Gasteiger partial charge >= 0.3 is 17.9 Å². The molecule has 1 saturated heterocycles. The van der Waals surface area contributed by atoms with Crippen LogP contribution in [0.5, 0.6) is 23.0 Å². The monoisotopic (exact) mass is 659 g/mol. The summed E-state index contributed by atoms with van der Waals surface area (Å²) in [6, 6.07) is 18.6. The van der Waals surface area contributed by atoms with E-state index < -0.39 is 30.1 Å². The first-order valence-corrected chi connectivity index (χ1v) is 16.8. The van der Waals surface area contributed by atoms with Crippen molar-refractivity contribution in [3.05, 3.63) is 83.9 Å². The number of carbonyl (C=O) groups is 4. The first-order chi connectivity index (χ1) is 23.3. The van der Waals surface area contributed by atoms with E-state index in [9.17, 15) is 19.2 Å². The number of esters is 3. The second kappa shape index (κ2) is 18.5. The summed E-state index contributed by atoms with van der Waals surface area (Å²) in [6.07, 6.45) is 7.48. The fraction of sp³-hybridized carbons (Fsp3) is 0.421. The summed E-state index contributed by atoms with van der Waals surface area (Å²) in [5.74, 6) is -0.147. The Morgan fingerprint density at radius 2 is 1.31 bits per heavy atom. The van der Waals surface area contributed by atoms with Crippen LogP contribution in [-0.2, 0) is 14.3 Å². The summed E-state index contributed by atoms with van der Waals surface area (Å²) in [5, 5.41) is 0. The molecule has 48 heavy (non-hydrogen) atoms. The molecule has 0 radical (unpaired) electrons. The maximum Gasteiger partial charge on any atom is 0.347 e. The van der Waals surface area contributed by atoms with Crippen molar-refractivity contribution in [2.45, 2.75) is 84.3 Å². The van der Waals surface area contributed by atoms with Crippen molar-refractivity contribution in [3.63, 3.8) is 0 Å². The van der Waals surface area contributed by atoms with Crippen LogP contribution in [0.1, 0.15) is 92.9 Å². The van der Waals surface area contributed by atoms with E-state index in [4.69, 9.17) is 23.7 Å². The van der Waals surface area contributed by atoms with Crippen LogP contribution in [0.3, 0.4) is 0 Å². The van der Waals surface area contributed by atoms with E-state index in [0.717, 1.165) is 12.8 Å². The molecule has 0 saturated carbocycles. The Hall–Kier alpha value is -4.86. The van der Waals surface area contributed by atoms with Crippen molar-refractivity contribution in [1.29, 1.82) is 0 Å². The van der Waals surface area contributed by atoms with Crippen LogP contribution in [0.2, 0.25) is 0 Å². The molecule has 0 aliphatic carbocycles. The van der Waals surface area contributed by atoms with Crippen molar-refractivity contribution in [3.8, 4) is 23.0 Å². The van der Waals surface area contributed by atoms with Gasteiger partial charge in [-0.15, -0.1) is 0 Å². The Morgan fingerprint density at radius 3 is 2.00 bits per heavy atom. The lowest BCUT2D eigenvalue weighted by Gasteiger charge is -2.23. The maximum absolute atomic E-state index is 13.3. The fourth-order valence-corrected chi connectivity index (χ4v) is 5.29. The van der Waals surface area contributed by atoms with E-state index in [2.05, 4.69) is 6.92 Å². The molecule has 256 valence electrons. The molecule has 1 heterocycles. The molecule has 0 aromatic heterocycles. The second-order valence-corrected chi connectivity index (χ2v) is 11.6. The number of hydrogen-bond donors (Lipinski definition) is 0. The largest absolute Gasteiger partial charge is 0.494 e. The van der Waals surface area contributed by atoms with Gasteiger partial charge in [0.1, 0.15) is 29.0 Å². The number of nitrogens with zero attached hydrogens (tertiary/aromatic N) is 1. The Balaban J connectivity index is 1.25. The SMILES string of the molecule is CCCCCCCCOc1ccc(C(=O)Oc2ccc(C(=O)N3CCCC3C(=O)Oc3ccc(O[C@@H](C)C(=O)OCC)cc3)cc2)cc1. The molecule has 1 aliphatic rings. The first-order valence-electron chi connectivity index (χ1n) is 16.8. The predicted molar refractivity (Wildman–Crippen MR) is 180 cm³/mol. The van der Waals surface area contributed by atoms with Gasteiger partial charge in [-0.05, 0) is 106 Å². The molecule has 10 nitrogen and oxygen atoms in total. The molecule has 0 spiro atoms. The zero-order valence-corrected chi connectivity index (χ0v) is 28.0. The van der Waals surface area contributed by atoms with E-state index in [-0.39, 0.29) is 18.3 Å². The average Bonchev–Trinajstić information content (AvgIpc) is 3.59. The van der Waals surface area contributed by atoms with Crippen molar-refractivity contribution < 1.29 is 42.9 Å². The predicted octanol–water partition coefficient (Wildman–Crippen LogP) is 7.19. The number of rotatable bonds is 17. The first kappa shape index (κ1) is 36.0. The van der Waals surface area contributed by atoms with Gasteiger partial charge in [0.25, 0.3) is 5.91 Å². The third-order valence-electron chi connectivity index (χ3n) is 7.93. The number of likely N-dealkylation sites (tertiary alicyclic amines) is 1. The summed E-state index contributed by atoms with van der Waals surface area (Å²) in [6.45, 7) is 6.82. The topological polar surface area (TPSA) is 118 Å². The smallest absolute Gasteiger partial charge is 0.347 e. The number of carbonyl (C=O) groups excluding carboxylic acids is 4. The molecule has 0 bridgehead atoms. The highest BCUT2D eigenvalue weighted by atomic mass is 16.6. The van der Waals surface area contributed by atoms with Gasteiger partial charge in [-0.25, -0.2) is 14.4 Å². The average molecular weight is 660 g/mol. The molecule has 1 unspecified atom stereocenters. The quantitative estimate of drug-likeness (QED) is 0.0843.